The first kappa shape index (κ1) is 31.1. The van der Waals surface area contributed by atoms with Crippen LogP contribution in [0, 0.1) is 17.3 Å². The van der Waals surface area contributed by atoms with E-state index in [1.807, 2.05) is 78.9 Å². The molecular weight excluding hydrogens is 594 g/mol. The minimum absolute atomic E-state index is 0.0185. The van der Waals surface area contributed by atoms with Crippen LogP contribution in [0.3, 0.4) is 0 Å². The predicted octanol–water partition coefficient (Wildman–Crippen LogP) is 8.51. The van der Waals surface area contributed by atoms with Gasteiger partial charge in [0.25, 0.3) is 0 Å². The highest BCUT2D eigenvalue weighted by Gasteiger charge is 2.56. The Hall–Kier alpha value is -3.49. The van der Waals surface area contributed by atoms with Crippen molar-refractivity contribution in [3.63, 3.8) is 0 Å². The SMILES string of the molecule is C[C@]12CC[C@@H]3c4ccc(OCc5ccccc5)cc4CC[C@H]3[C@@H]1CC[C@H]2OC(c1ccccc1)N(Cc1ccccc1)S(=O)(=O)O. The number of rotatable bonds is 10. The van der Waals surface area contributed by atoms with Crippen LogP contribution in [0.15, 0.2) is 109 Å². The Balaban J connectivity index is 1.11. The van der Waals surface area contributed by atoms with Gasteiger partial charge < -0.3 is 9.47 Å². The van der Waals surface area contributed by atoms with E-state index in [2.05, 4.69) is 37.3 Å². The van der Waals surface area contributed by atoms with E-state index in [1.165, 1.54) is 16.7 Å². The average Bonchev–Trinajstić information content (AvgIpc) is 3.41. The second-order valence-electron chi connectivity index (χ2n) is 13.6. The van der Waals surface area contributed by atoms with E-state index in [-0.39, 0.29) is 18.1 Å². The molecule has 2 saturated carbocycles. The lowest BCUT2D eigenvalue weighted by atomic mass is 9.55. The third-order valence-corrected chi connectivity index (χ3v) is 11.9. The van der Waals surface area contributed by atoms with Crippen molar-refractivity contribution in [3.8, 4) is 5.75 Å². The summed E-state index contributed by atoms with van der Waals surface area (Å²) in [4.78, 5) is 0. The fourth-order valence-electron chi connectivity index (χ4n) is 8.70. The summed E-state index contributed by atoms with van der Waals surface area (Å²) in [5, 5.41) is 0. The fourth-order valence-corrected chi connectivity index (χ4v) is 9.43. The standard InChI is InChI=1S/C39H43NO5S/c1-39-24-23-34-33-20-18-32(44-27-29-13-7-3-8-14-29)25-31(33)17-19-35(34)36(39)21-22-37(39)45-38(30-15-9-4-10-16-30)40(46(41,42)43)26-28-11-5-2-6-12-28/h2-16,18,20,25,34-38H,17,19,21-24,26-27H2,1H3,(H,41,42,43)/t34-,35-,36+,37-,38?,39+/m1/s1. The zero-order valence-corrected chi connectivity index (χ0v) is 27.2. The Morgan fingerprint density at radius 2 is 1.52 bits per heavy atom. The monoisotopic (exact) mass is 637 g/mol. The van der Waals surface area contributed by atoms with Gasteiger partial charge in [-0.1, -0.05) is 104 Å². The highest BCUT2D eigenvalue weighted by molar-refractivity contribution is 7.83. The number of benzene rings is 4. The van der Waals surface area contributed by atoms with Crippen molar-refractivity contribution in [1.29, 1.82) is 0 Å². The molecule has 0 spiro atoms. The summed E-state index contributed by atoms with van der Waals surface area (Å²) >= 11 is 0. The van der Waals surface area contributed by atoms with Crippen LogP contribution >= 0.6 is 0 Å². The van der Waals surface area contributed by atoms with Crippen LogP contribution in [-0.4, -0.2) is 23.4 Å². The Labute approximate surface area is 273 Å². The van der Waals surface area contributed by atoms with Crippen LogP contribution in [0.2, 0.25) is 0 Å². The molecule has 0 saturated heterocycles. The van der Waals surface area contributed by atoms with Gasteiger partial charge in [0.15, 0.2) is 6.23 Å². The van der Waals surface area contributed by atoms with Crippen LogP contribution in [0.1, 0.15) is 79.0 Å². The molecule has 4 aromatic carbocycles. The van der Waals surface area contributed by atoms with Crippen molar-refractivity contribution in [1.82, 2.24) is 4.31 Å². The van der Waals surface area contributed by atoms with Crippen molar-refractivity contribution >= 4 is 10.3 Å². The van der Waals surface area contributed by atoms with Crippen LogP contribution < -0.4 is 4.74 Å². The maximum Gasteiger partial charge on any atom is 0.338 e. The molecule has 0 heterocycles. The predicted molar refractivity (Wildman–Crippen MR) is 179 cm³/mol. The smallest absolute Gasteiger partial charge is 0.338 e. The van der Waals surface area contributed by atoms with E-state index >= 15 is 0 Å². The molecule has 0 aliphatic heterocycles. The summed E-state index contributed by atoms with van der Waals surface area (Å²) in [6.07, 6.45) is 5.14. The molecule has 3 aliphatic rings. The Kier molecular flexibility index (Phi) is 8.77. The number of fused-ring (bicyclic) bond motifs is 5. The molecule has 0 bridgehead atoms. The van der Waals surface area contributed by atoms with Crippen molar-refractivity contribution in [2.45, 2.75) is 76.9 Å². The Morgan fingerprint density at radius 3 is 2.22 bits per heavy atom. The first-order valence-corrected chi connectivity index (χ1v) is 18.0. The molecule has 6 atom stereocenters. The minimum Gasteiger partial charge on any atom is -0.489 e. The fraction of sp³-hybridized carbons (Fsp3) is 0.385. The third kappa shape index (κ3) is 6.26. The summed E-state index contributed by atoms with van der Waals surface area (Å²) in [5.41, 5.74) is 5.47. The summed E-state index contributed by atoms with van der Waals surface area (Å²) in [7, 11) is -4.58. The summed E-state index contributed by atoms with van der Waals surface area (Å²) in [6, 6.07) is 35.8. The molecule has 6 nitrogen and oxygen atoms in total. The maximum atomic E-state index is 12.9. The van der Waals surface area contributed by atoms with Crippen molar-refractivity contribution < 1.29 is 22.4 Å². The second-order valence-corrected chi connectivity index (χ2v) is 14.9. The highest BCUT2D eigenvalue weighted by Crippen LogP contribution is 2.62. The lowest BCUT2D eigenvalue weighted by Gasteiger charge is -2.51. The van der Waals surface area contributed by atoms with E-state index < -0.39 is 16.5 Å². The van der Waals surface area contributed by atoms with E-state index in [0.717, 1.165) is 54.1 Å². The number of nitrogens with zero attached hydrogens (tertiary/aromatic N) is 1. The van der Waals surface area contributed by atoms with Gasteiger partial charge in [0, 0.05) is 6.54 Å². The number of aryl methyl sites for hydroxylation is 1. The molecule has 46 heavy (non-hydrogen) atoms. The van der Waals surface area contributed by atoms with E-state index in [1.54, 1.807) is 0 Å². The molecule has 0 radical (unpaired) electrons. The number of hydrogen-bond acceptors (Lipinski definition) is 4. The lowest BCUT2D eigenvalue weighted by Crippen LogP contribution is -2.46. The van der Waals surface area contributed by atoms with Gasteiger partial charge in [-0.3, -0.25) is 4.55 Å². The molecule has 7 heteroatoms. The molecule has 3 aliphatic carbocycles. The molecule has 0 aromatic heterocycles. The molecule has 7 rings (SSSR count). The highest BCUT2D eigenvalue weighted by atomic mass is 32.2. The summed E-state index contributed by atoms with van der Waals surface area (Å²) < 4.78 is 50.6. The molecule has 1 unspecified atom stereocenters. The van der Waals surface area contributed by atoms with Gasteiger partial charge in [0.1, 0.15) is 12.4 Å². The quantitative estimate of drug-likeness (QED) is 0.139. The molecule has 0 amide bonds. The normalized spacial score (nSPS) is 26.2. The first-order valence-electron chi connectivity index (χ1n) is 16.6. The topological polar surface area (TPSA) is 76.1 Å². The van der Waals surface area contributed by atoms with Crippen molar-refractivity contribution in [2.75, 3.05) is 0 Å². The van der Waals surface area contributed by atoms with Crippen LogP contribution in [0.4, 0.5) is 0 Å². The van der Waals surface area contributed by atoms with Gasteiger partial charge in [0.2, 0.25) is 0 Å². The van der Waals surface area contributed by atoms with Crippen LogP contribution in [0.5, 0.6) is 5.75 Å². The number of ether oxygens (including phenoxy) is 2. The van der Waals surface area contributed by atoms with Gasteiger partial charge in [-0.25, -0.2) is 0 Å². The average molecular weight is 638 g/mol. The molecule has 4 aromatic rings. The second kappa shape index (κ2) is 13.0. The van der Waals surface area contributed by atoms with Gasteiger partial charge >= 0.3 is 10.3 Å². The number of hydrogen-bond donors (Lipinski definition) is 1. The van der Waals surface area contributed by atoms with Crippen molar-refractivity contribution in [3.05, 3.63) is 137 Å². The van der Waals surface area contributed by atoms with Gasteiger partial charge in [-0.2, -0.15) is 8.42 Å². The van der Waals surface area contributed by atoms with E-state index in [0.29, 0.717) is 29.9 Å². The van der Waals surface area contributed by atoms with Gasteiger partial charge in [-0.15, -0.1) is 4.31 Å². The molecule has 2 fully saturated rings. The lowest BCUT2D eigenvalue weighted by molar-refractivity contribution is -0.133. The van der Waals surface area contributed by atoms with E-state index in [4.69, 9.17) is 9.47 Å². The first-order chi connectivity index (χ1) is 22.3. The molecule has 240 valence electrons. The zero-order valence-electron chi connectivity index (χ0n) is 26.4. The van der Waals surface area contributed by atoms with Crippen LogP contribution in [-0.2, 0) is 34.6 Å². The third-order valence-electron chi connectivity index (χ3n) is 11.0. The van der Waals surface area contributed by atoms with Gasteiger partial charge in [0.05, 0.1) is 6.10 Å². The maximum absolute atomic E-state index is 12.9. The van der Waals surface area contributed by atoms with Crippen LogP contribution in [0.25, 0.3) is 0 Å². The molecular formula is C39H43NO5S. The van der Waals surface area contributed by atoms with E-state index in [9.17, 15) is 13.0 Å². The summed E-state index contributed by atoms with van der Waals surface area (Å²) in [6.45, 7) is 2.95. The summed E-state index contributed by atoms with van der Waals surface area (Å²) in [5.74, 6) is 2.50. The molecule has 1 N–H and O–H groups in total. The Bertz CT molecular complexity index is 1730. The largest absolute Gasteiger partial charge is 0.489 e. The Morgan fingerprint density at radius 1 is 0.848 bits per heavy atom. The van der Waals surface area contributed by atoms with Gasteiger partial charge in [-0.05, 0) is 102 Å². The van der Waals surface area contributed by atoms with Crippen molar-refractivity contribution in [2.24, 2.45) is 17.3 Å². The minimum atomic E-state index is -4.58. The zero-order chi connectivity index (χ0) is 31.7.